The first-order chi connectivity index (χ1) is 5.24. The number of terminal acetylenes is 1. The van der Waals surface area contributed by atoms with Crippen LogP contribution in [0.1, 0.15) is 11.7 Å². The van der Waals surface area contributed by atoms with E-state index in [0.717, 1.165) is 0 Å². The van der Waals surface area contributed by atoms with Crippen LogP contribution in [-0.2, 0) is 0 Å². The minimum atomic E-state index is -0.879. The highest BCUT2D eigenvalue weighted by Gasteiger charge is 2.00. The summed E-state index contributed by atoms with van der Waals surface area (Å²) in [4.78, 5) is 0. The summed E-state index contributed by atoms with van der Waals surface area (Å²) in [6.45, 7) is 0. The van der Waals surface area contributed by atoms with E-state index in [-0.39, 0.29) is 5.75 Å². The molecule has 1 atom stereocenters. The van der Waals surface area contributed by atoms with Gasteiger partial charge >= 0.3 is 0 Å². The van der Waals surface area contributed by atoms with E-state index in [1.54, 1.807) is 12.1 Å². The first-order valence-electron chi connectivity index (χ1n) is 3.17. The van der Waals surface area contributed by atoms with Crippen molar-refractivity contribution in [3.63, 3.8) is 0 Å². The Kier molecular flexibility index (Phi) is 2.15. The van der Waals surface area contributed by atoms with Crippen molar-refractivity contribution in [2.45, 2.75) is 6.10 Å². The van der Waals surface area contributed by atoms with E-state index in [4.69, 9.17) is 16.6 Å². The van der Waals surface area contributed by atoms with Gasteiger partial charge in [0.25, 0.3) is 0 Å². The lowest BCUT2D eigenvalue weighted by atomic mass is 10.1. The van der Waals surface area contributed by atoms with E-state index in [1.165, 1.54) is 12.1 Å². The molecule has 0 saturated heterocycles. The monoisotopic (exact) mass is 148 g/mol. The Hall–Kier alpha value is -1.46. The van der Waals surface area contributed by atoms with Gasteiger partial charge in [0.2, 0.25) is 0 Å². The van der Waals surface area contributed by atoms with Gasteiger partial charge in [-0.05, 0) is 17.7 Å². The minimum Gasteiger partial charge on any atom is -0.508 e. The lowest BCUT2D eigenvalue weighted by molar-refractivity contribution is 0.238. The lowest BCUT2D eigenvalue weighted by Gasteiger charge is -2.01. The van der Waals surface area contributed by atoms with Gasteiger partial charge in [0.15, 0.2) is 0 Å². The summed E-state index contributed by atoms with van der Waals surface area (Å²) >= 11 is 0. The first-order valence-corrected chi connectivity index (χ1v) is 3.17. The van der Waals surface area contributed by atoms with Crippen LogP contribution in [0.2, 0.25) is 0 Å². The van der Waals surface area contributed by atoms with Gasteiger partial charge in [-0.15, -0.1) is 6.42 Å². The molecule has 0 aliphatic rings. The zero-order valence-corrected chi connectivity index (χ0v) is 5.86. The maximum Gasteiger partial charge on any atom is 0.139 e. The fourth-order valence-corrected chi connectivity index (χ4v) is 0.753. The van der Waals surface area contributed by atoms with E-state index in [1.807, 2.05) is 0 Å². The van der Waals surface area contributed by atoms with E-state index in [2.05, 4.69) is 5.92 Å². The van der Waals surface area contributed by atoms with Crippen molar-refractivity contribution in [3.05, 3.63) is 29.8 Å². The van der Waals surface area contributed by atoms with Crippen LogP contribution >= 0.6 is 0 Å². The lowest BCUT2D eigenvalue weighted by Crippen LogP contribution is -1.91. The standard InChI is InChI=1S/C9H8O2/c1-2-9(11)7-3-5-8(10)6-4-7/h1,3-6,9-11H/t9-/m0/s1. The van der Waals surface area contributed by atoms with Crippen LogP contribution in [-0.4, -0.2) is 10.2 Å². The Morgan fingerprint density at radius 3 is 2.27 bits per heavy atom. The number of benzene rings is 1. The van der Waals surface area contributed by atoms with Crippen molar-refractivity contribution in [2.75, 3.05) is 0 Å². The van der Waals surface area contributed by atoms with Crippen LogP contribution in [0.4, 0.5) is 0 Å². The van der Waals surface area contributed by atoms with E-state index >= 15 is 0 Å². The fourth-order valence-electron chi connectivity index (χ4n) is 0.753. The molecule has 0 aliphatic heterocycles. The summed E-state index contributed by atoms with van der Waals surface area (Å²) in [5, 5.41) is 18.0. The zero-order valence-electron chi connectivity index (χ0n) is 5.86. The normalized spacial score (nSPS) is 12.0. The molecule has 1 rings (SSSR count). The Labute approximate surface area is 65.1 Å². The number of phenols is 1. The van der Waals surface area contributed by atoms with Crippen LogP contribution in [0.25, 0.3) is 0 Å². The number of hydrogen-bond acceptors (Lipinski definition) is 2. The molecule has 0 radical (unpaired) electrons. The van der Waals surface area contributed by atoms with Gasteiger partial charge in [-0.3, -0.25) is 0 Å². The first kappa shape index (κ1) is 7.64. The van der Waals surface area contributed by atoms with Crippen LogP contribution < -0.4 is 0 Å². The van der Waals surface area contributed by atoms with Crippen LogP contribution in [0.15, 0.2) is 24.3 Å². The van der Waals surface area contributed by atoms with Crippen molar-refractivity contribution < 1.29 is 10.2 Å². The molecule has 0 fully saturated rings. The molecule has 0 bridgehead atoms. The quantitative estimate of drug-likeness (QED) is 0.584. The van der Waals surface area contributed by atoms with Crippen molar-refractivity contribution >= 4 is 0 Å². The minimum absolute atomic E-state index is 0.165. The Morgan fingerprint density at radius 1 is 1.27 bits per heavy atom. The van der Waals surface area contributed by atoms with Gasteiger partial charge in [0.05, 0.1) is 0 Å². The molecule has 2 heteroatoms. The third-order valence-corrected chi connectivity index (χ3v) is 1.37. The number of hydrogen-bond donors (Lipinski definition) is 2. The number of aliphatic hydroxyl groups is 1. The average Bonchev–Trinajstić information content (AvgIpc) is 2.05. The molecule has 2 nitrogen and oxygen atoms in total. The van der Waals surface area contributed by atoms with Gasteiger partial charge < -0.3 is 10.2 Å². The highest BCUT2D eigenvalue weighted by Crippen LogP contribution is 2.15. The Bertz CT molecular complexity index is 269. The van der Waals surface area contributed by atoms with Crippen LogP contribution in [0, 0.1) is 12.3 Å². The summed E-state index contributed by atoms with van der Waals surface area (Å²) < 4.78 is 0. The number of rotatable bonds is 1. The van der Waals surface area contributed by atoms with Gasteiger partial charge in [-0.2, -0.15) is 0 Å². The molecule has 0 aromatic heterocycles. The molecule has 0 spiro atoms. The predicted molar refractivity (Wildman–Crippen MR) is 41.9 cm³/mol. The van der Waals surface area contributed by atoms with Gasteiger partial charge in [-0.25, -0.2) is 0 Å². The summed E-state index contributed by atoms with van der Waals surface area (Å²) in [7, 11) is 0. The second-order valence-electron chi connectivity index (χ2n) is 2.16. The number of phenolic OH excluding ortho intramolecular Hbond substituents is 1. The zero-order chi connectivity index (χ0) is 8.27. The molecule has 0 heterocycles. The summed E-state index contributed by atoms with van der Waals surface area (Å²) in [5.41, 5.74) is 0.616. The third kappa shape index (κ3) is 1.73. The molecule has 0 saturated carbocycles. The number of aliphatic hydroxyl groups excluding tert-OH is 1. The van der Waals surface area contributed by atoms with E-state index in [0.29, 0.717) is 5.56 Å². The third-order valence-electron chi connectivity index (χ3n) is 1.37. The molecule has 0 amide bonds. The molecular weight excluding hydrogens is 140 g/mol. The van der Waals surface area contributed by atoms with Gasteiger partial charge in [0.1, 0.15) is 11.9 Å². The number of aromatic hydroxyl groups is 1. The van der Waals surface area contributed by atoms with Crippen molar-refractivity contribution in [2.24, 2.45) is 0 Å². The second kappa shape index (κ2) is 3.09. The largest absolute Gasteiger partial charge is 0.508 e. The van der Waals surface area contributed by atoms with E-state index in [9.17, 15) is 0 Å². The van der Waals surface area contributed by atoms with Crippen molar-refractivity contribution in [1.82, 2.24) is 0 Å². The molecule has 11 heavy (non-hydrogen) atoms. The molecular formula is C9H8O2. The predicted octanol–water partition coefficient (Wildman–Crippen LogP) is 1.06. The molecule has 0 aliphatic carbocycles. The smallest absolute Gasteiger partial charge is 0.139 e. The average molecular weight is 148 g/mol. The molecule has 1 aromatic carbocycles. The second-order valence-corrected chi connectivity index (χ2v) is 2.16. The van der Waals surface area contributed by atoms with Crippen molar-refractivity contribution in [3.8, 4) is 18.1 Å². The topological polar surface area (TPSA) is 40.5 Å². The van der Waals surface area contributed by atoms with Crippen LogP contribution in [0.3, 0.4) is 0 Å². The van der Waals surface area contributed by atoms with Crippen molar-refractivity contribution in [1.29, 1.82) is 0 Å². The molecule has 1 aromatic rings. The summed E-state index contributed by atoms with van der Waals surface area (Å²) in [6, 6.07) is 6.13. The van der Waals surface area contributed by atoms with E-state index < -0.39 is 6.10 Å². The van der Waals surface area contributed by atoms with Crippen LogP contribution in [0.5, 0.6) is 5.75 Å². The molecule has 56 valence electrons. The van der Waals surface area contributed by atoms with Gasteiger partial charge in [-0.1, -0.05) is 18.1 Å². The maximum atomic E-state index is 9.10. The maximum absolute atomic E-state index is 9.10. The summed E-state index contributed by atoms with van der Waals surface area (Å²) in [6.07, 6.45) is 4.10. The SMILES string of the molecule is C#C[C@H](O)c1ccc(O)cc1. The van der Waals surface area contributed by atoms with Gasteiger partial charge in [0, 0.05) is 0 Å². The molecule has 0 unspecified atom stereocenters. The molecule has 2 N–H and O–H groups in total. The fraction of sp³-hybridized carbons (Fsp3) is 0.111. The Morgan fingerprint density at radius 2 is 1.82 bits per heavy atom. The Balaban J connectivity index is 2.92. The summed E-state index contributed by atoms with van der Waals surface area (Å²) in [5.74, 6) is 2.34. The highest BCUT2D eigenvalue weighted by atomic mass is 16.3. The highest BCUT2D eigenvalue weighted by molar-refractivity contribution is 5.30.